The van der Waals surface area contributed by atoms with Gasteiger partial charge in [0.2, 0.25) is 11.7 Å². The minimum atomic E-state index is -2.98. The summed E-state index contributed by atoms with van der Waals surface area (Å²) in [6, 6.07) is 2.79. The van der Waals surface area contributed by atoms with E-state index in [1.54, 1.807) is 35.6 Å². The number of ether oxygens (including phenoxy) is 1. The number of nitrogens with zero attached hydrogens (tertiary/aromatic N) is 4. The molecule has 3 N–H and O–H groups in total. The molecule has 0 saturated carbocycles. The highest BCUT2D eigenvalue weighted by Gasteiger charge is 2.46. The predicted molar refractivity (Wildman–Crippen MR) is 114 cm³/mol. The Labute approximate surface area is 186 Å². The summed E-state index contributed by atoms with van der Waals surface area (Å²) in [5.41, 5.74) is 6.10. The highest BCUT2D eigenvalue weighted by molar-refractivity contribution is 5.83. The lowest BCUT2D eigenvalue weighted by Gasteiger charge is -2.21. The lowest BCUT2D eigenvalue weighted by molar-refractivity contribution is -0.118. The van der Waals surface area contributed by atoms with E-state index in [-0.39, 0.29) is 23.9 Å². The molecular weight excluding hydrogens is 438 g/mol. The number of halogens is 2. The molecule has 1 amide bonds. The van der Waals surface area contributed by atoms with E-state index in [1.807, 2.05) is 0 Å². The Bertz CT molecular complexity index is 1220. The molecule has 2 aromatic rings. The van der Waals surface area contributed by atoms with Crippen molar-refractivity contribution < 1.29 is 27.9 Å². The lowest BCUT2D eigenvalue weighted by atomic mass is 10.1. The van der Waals surface area contributed by atoms with Crippen molar-refractivity contribution >= 4 is 29.3 Å². The maximum absolute atomic E-state index is 13.9. The van der Waals surface area contributed by atoms with Crippen molar-refractivity contribution in [3.05, 3.63) is 35.9 Å². The van der Waals surface area contributed by atoms with E-state index in [9.17, 15) is 23.2 Å². The zero-order chi connectivity index (χ0) is 23.9. The number of hydrogen-bond donors (Lipinski definition) is 2. The summed E-state index contributed by atoms with van der Waals surface area (Å²) >= 11 is 0. The maximum Gasteiger partial charge on any atom is 0.265 e. The van der Waals surface area contributed by atoms with Crippen LogP contribution in [0.1, 0.15) is 6.92 Å². The number of fused-ring (bicyclic) bond motifs is 3. The molecule has 10 nitrogen and oxygen atoms in total. The second kappa shape index (κ2) is 8.42. The topological polar surface area (TPSA) is 123 Å². The molecular formula is C21H20F2N6O4. The monoisotopic (exact) mass is 458 g/mol. The maximum atomic E-state index is 13.9. The zero-order valence-electron chi connectivity index (χ0n) is 17.7. The standard InChI is InChI=1S/C21H20F2N6O4/c1-11(20(24)32)25-12-3-4-13-15(7-12)33-6-5-28-8-16(26-21(13)28)29-17(10-31)27(2)14(9-30)18(29)19(22)23/h3-4,7-8,11,18-19,25H,5-6H2,1-2H3,(H2,24,32)/t11?,18-/m0/s1. The van der Waals surface area contributed by atoms with Gasteiger partial charge in [0.15, 0.2) is 11.8 Å². The predicted octanol–water partition coefficient (Wildman–Crippen LogP) is 1.00. The van der Waals surface area contributed by atoms with E-state index in [1.165, 1.54) is 19.2 Å². The van der Waals surface area contributed by atoms with Gasteiger partial charge < -0.3 is 25.3 Å². The number of primary amides is 1. The molecule has 1 aromatic heterocycles. The fourth-order valence-electron chi connectivity index (χ4n) is 3.85. The number of amides is 1. The van der Waals surface area contributed by atoms with Crippen molar-refractivity contribution in [1.82, 2.24) is 14.5 Å². The Morgan fingerprint density at radius 2 is 2.09 bits per heavy atom. The number of hydrogen-bond acceptors (Lipinski definition) is 8. The average molecular weight is 458 g/mol. The molecule has 2 aliphatic heterocycles. The largest absolute Gasteiger partial charge is 0.491 e. The molecule has 0 aliphatic carbocycles. The van der Waals surface area contributed by atoms with Crippen molar-refractivity contribution in [1.29, 1.82) is 0 Å². The van der Waals surface area contributed by atoms with Gasteiger partial charge in [0.1, 0.15) is 41.9 Å². The first-order valence-electron chi connectivity index (χ1n) is 9.98. The molecule has 2 aliphatic rings. The van der Waals surface area contributed by atoms with Crippen LogP contribution in [0.3, 0.4) is 0 Å². The Kier molecular flexibility index (Phi) is 5.63. The molecule has 1 saturated heterocycles. The van der Waals surface area contributed by atoms with Gasteiger partial charge in [-0.1, -0.05) is 0 Å². The number of aromatic nitrogens is 2. The van der Waals surface area contributed by atoms with E-state index in [4.69, 9.17) is 10.5 Å². The third-order valence-corrected chi connectivity index (χ3v) is 5.53. The minimum Gasteiger partial charge on any atom is -0.491 e. The summed E-state index contributed by atoms with van der Waals surface area (Å²) in [4.78, 5) is 40.8. The van der Waals surface area contributed by atoms with Gasteiger partial charge >= 0.3 is 0 Å². The van der Waals surface area contributed by atoms with Crippen LogP contribution in [0.25, 0.3) is 11.4 Å². The van der Waals surface area contributed by atoms with Gasteiger partial charge in [-0.2, -0.15) is 0 Å². The van der Waals surface area contributed by atoms with Gasteiger partial charge in [-0.05, 0) is 19.1 Å². The molecule has 2 atom stereocenters. The molecule has 1 unspecified atom stereocenters. The number of nitrogens with one attached hydrogen (secondary N) is 1. The Balaban J connectivity index is 1.77. The molecule has 4 rings (SSSR count). The van der Waals surface area contributed by atoms with Crippen LogP contribution in [0.15, 0.2) is 35.9 Å². The Morgan fingerprint density at radius 3 is 2.73 bits per heavy atom. The molecule has 0 bridgehead atoms. The first-order chi connectivity index (χ1) is 15.8. The van der Waals surface area contributed by atoms with Crippen molar-refractivity contribution in [2.24, 2.45) is 5.73 Å². The van der Waals surface area contributed by atoms with Crippen LogP contribution in [-0.4, -0.2) is 64.4 Å². The highest BCUT2D eigenvalue weighted by Crippen LogP contribution is 2.40. The first-order valence-corrected chi connectivity index (χ1v) is 9.98. The quantitative estimate of drug-likeness (QED) is 0.637. The van der Waals surface area contributed by atoms with Gasteiger partial charge in [0.05, 0.1) is 12.1 Å². The molecule has 0 radical (unpaired) electrons. The third kappa shape index (κ3) is 3.71. The number of nitrogens with two attached hydrogens (primary N) is 1. The summed E-state index contributed by atoms with van der Waals surface area (Å²) in [5.74, 6) is 3.30. The minimum absolute atomic E-state index is 0.0585. The van der Waals surface area contributed by atoms with Crippen molar-refractivity contribution in [3.8, 4) is 17.1 Å². The number of likely N-dealkylation sites (N-methyl/N-ethyl adjacent to an activating group) is 1. The molecule has 172 valence electrons. The van der Waals surface area contributed by atoms with Crippen molar-refractivity contribution in [2.75, 3.05) is 23.9 Å². The van der Waals surface area contributed by atoms with Gasteiger partial charge in [0.25, 0.3) is 6.43 Å². The summed E-state index contributed by atoms with van der Waals surface area (Å²) in [7, 11) is 1.32. The highest BCUT2D eigenvalue weighted by atomic mass is 19.3. The van der Waals surface area contributed by atoms with Crippen LogP contribution in [0.4, 0.5) is 20.3 Å². The summed E-state index contributed by atoms with van der Waals surface area (Å²) in [6.45, 7) is 2.25. The Hall–Kier alpha value is -4.14. The van der Waals surface area contributed by atoms with Gasteiger partial charge in [-0.15, -0.1) is 0 Å². The summed E-state index contributed by atoms with van der Waals surface area (Å²) in [6.07, 6.45) is -1.46. The first kappa shape index (κ1) is 22.1. The molecule has 3 heterocycles. The second-order valence-electron chi connectivity index (χ2n) is 7.57. The SMILES string of the molecule is CC(Nc1ccc2c(c1)OCCn1cc(N3C(=C=O)N(C)C(=C=O)[C@H]3C(F)F)nc1-2)C(N)=O. The number of benzene rings is 1. The van der Waals surface area contributed by atoms with E-state index in [0.29, 0.717) is 29.4 Å². The van der Waals surface area contributed by atoms with E-state index >= 15 is 0 Å². The van der Waals surface area contributed by atoms with E-state index in [0.717, 1.165) is 9.80 Å². The number of imidazole rings is 1. The average Bonchev–Trinajstić information content (AvgIpc) is 3.26. The fourth-order valence-corrected chi connectivity index (χ4v) is 3.85. The smallest absolute Gasteiger partial charge is 0.265 e. The van der Waals surface area contributed by atoms with Crippen molar-refractivity contribution in [2.45, 2.75) is 32.0 Å². The van der Waals surface area contributed by atoms with Crippen LogP contribution >= 0.6 is 0 Å². The Morgan fingerprint density at radius 1 is 1.33 bits per heavy atom. The second-order valence-corrected chi connectivity index (χ2v) is 7.57. The van der Waals surface area contributed by atoms with Crippen LogP contribution in [0, 0.1) is 0 Å². The van der Waals surface area contributed by atoms with Gasteiger partial charge in [0, 0.05) is 25.0 Å². The normalized spacial score (nSPS) is 18.2. The summed E-state index contributed by atoms with van der Waals surface area (Å²) < 4.78 is 35.3. The van der Waals surface area contributed by atoms with Crippen LogP contribution in [0.2, 0.25) is 0 Å². The zero-order valence-corrected chi connectivity index (χ0v) is 17.7. The van der Waals surface area contributed by atoms with E-state index < -0.39 is 24.4 Å². The number of carbonyl (C=O) groups excluding carboxylic acids is 3. The fraction of sp³-hybridized carbons (Fsp3) is 0.333. The number of rotatable bonds is 5. The molecule has 0 spiro atoms. The van der Waals surface area contributed by atoms with Gasteiger partial charge in [-0.25, -0.2) is 23.4 Å². The van der Waals surface area contributed by atoms with Crippen molar-refractivity contribution in [3.63, 3.8) is 0 Å². The van der Waals surface area contributed by atoms with Crippen LogP contribution in [-0.2, 0) is 20.9 Å². The third-order valence-electron chi connectivity index (χ3n) is 5.53. The van der Waals surface area contributed by atoms with Crippen LogP contribution < -0.4 is 20.7 Å². The number of anilines is 2. The number of carbonyl (C=O) groups is 1. The number of alkyl halides is 2. The molecule has 12 heteroatoms. The summed E-state index contributed by atoms with van der Waals surface area (Å²) in [5, 5.41) is 2.97. The van der Waals surface area contributed by atoms with Gasteiger partial charge in [-0.3, -0.25) is 9.69 Å². The van der Waals surface area contributed by atoms with E-state index in [2.05, 4.69) is 10.3 Å². The van der Waals surface area contributed by atoms with Crippen LogP contribution in [0.5, 0.6) is 5.75 Å². The lowest BCUT2D eigenvalue weighted by Crippen LogP contribution is -2.35. The molecule has 33 heavy (non-hydrogen) atoms. The molecule has 1 fully saturated rings. The molecule has 1 aromatic carbocycles.